The third-order valence-electron chi connectivity index (χ3n) is 2.64. The molecule has 0 unspecified atom stereocenters. The molecule has 0 saturated carbocycles. The van der Waals surface area contributed by atoms with Crippen LogP contribution >= 0.6 is 22.9 Å². The zero-order valence-corrected chi connectivity index (χ0v) is 11.2. The van der Waals surface area contributed by atoms with Gasteiger partial charge in [0.15, 0.2) is 0 Å². The first-order valence-corrected chi connectivity index (χ1v) is 6.63. The predicted octanol–water partition coefficient (Wildman–Crippen LogP) is 3.57. The van der Waals surface area contributed by atoms with E-state index in [4.69, 9.17) is 16.0 Å². The molecule has 4 nitrogen and oxygen atoms in total. The highest BCUT2D eigenvalue weighted by atomic mass is 35.5. The SMILES string of the molecule is CN(Cc1ccoc1)c1nc(Cl)nc2sccc12. The molecule has 3 aromatic heterocycles. The van der Waals surface area contributed by atoms with Crippen molar-refractivity contribution in [2.45, 2.75) is 6.54 Å². The zero-order valence-electron chi connectivity index (χ0n) is 9.63. The van der Waals surface area contributed by atoms with Crippen molar-refractivity contribution in [1.82, 2.24) is 9.97 Å². The standard InChI is InChI=1S/C12H10ClN3OS/c1-16(6-8-2-4-17-7-8)10-9-3-5-18-11(9)15-12(13)14-10/h2-5,7H,6H2,1H3. The average molecular weight is 280 g/mol. The Morgan fingerprint density at radius 1 is 1.39 bits per heavy atom. The van der Waals surface area contributed by atoms with E-state index in [0.29, 0.717) is 0 Å². The normalized spacial score (nSPS) is 11.0. The second kappa shape index (κ2) is 4.59. The summed E-state index contributed by atoms with van der Waals surface area (Å²) >= 11 is 7.51. The average Bonchev–Trinajstić information content (AvgIpc) is 2.97. The van der Waals surface area contributed by atoms with E-state index in [2.05, 4.69) is 9.97 Å². The van der Waals surface area contributed by atoms with Crippen LogP contribution in [0.2, 0.25) is 5.28 Å². The molecule has 0 aliphatic carbocycles. The minimum atomic E-state index is 0.277. The van der Waals surface area contributed by atoms with Gasteiger partial charge in [-0.1, -0.05) is 0 Å². The number of fused-ring (bicyclic) bond motifs is 1. The third-order valence-corrected chi connectivity index (χ3v) is 3.61. The first kappa shape index (κ1) is 11.5. The lowest BCUT2D eigenvalue weighted by atomic mass is 10.3. The van der Waals surface area contributed by atoms with Crippen LogP contribution < -0.4 is 4.90 Å². The van der Waals surface area contributed by atoms with Crippen molar-refractivity contribution in [1.29, 1.82) is 0 Å². The van der Waals surface area contributed by atoms with Crippen LogP contribution in [-0.4, -0.2) is 17.0 Å². The number of aromatic nitrogens is 2. The van der Waals surface area contributed by atoms with Crippen LogP contribution in [0.4, 0.5) is 5.82 Å². The number of halogens is 1. The summed E-state index contributed by atoms with van der Waals surface area (Å²) < 4.78 is 5.06. The number of hydrogen-bond donors (Lipinski definition) is 0. The summed E-state index contributed by atoms with van der Waals surface area (Å²) in [7, 11) is 1.97. The Labute approximate surface area is 113 Å². The van der Waals surface area contributed by atoms with E-state index in [1.807, 2.05) is 29.5 Å². The molecule has 0 spiro atoms. The van der Waals surface area contributed by atoms with E-state index >= 15 is 0 Å². The van der Waals surface area contributed by atoms with Crippen LogP contribution in [0.1, 0.15) is 5.56 Å². The van der Waals surface area contributed by atoms with E-state index in [9.17, 15) is 0 Å². The Kier molecular flexibility index (Phi) is 2.93. The summed E-state index contributed by atoms with van der Waals surface area (Å²) in [6.07, 6.45) is 3.39. The van der Waals surface area contributed by atoms with E-state index < -0.39 is 0 Å². The number of furan rings is 1. The number of hydrogen-bond acceptors (Lipinski definition) is 5. The lowest BCUT2D eigenvalue weighted by Gasteiger charge is -2.18. The molecule has 0 atom stereocenters. The number of nitrogens with zero attached hydrogens (tertiary/aromatic N) is 3. The van der Waals surface area contributed by atoms with Gasteiger partial charge in [0.1, 0.15) is 10.6 Å². The quantitative estimate of drug-likeness (QED) is 0.687. The topological polar surface area (TPSA) is 42.2 Å². The summed E-state index contributed by atoms with van der Waals surface area (Å²) in [6.45, 7) is 0.717. The lowest BCUT2D eigenvalue weighted by Crippen LogP contribution is -2.17. The summed E-state index contributed by atoms with van der Waals surface area (Å²) in [4.78, 5) is 11.5. The summed E-state index contributed by atoms with van der Waals surface area (Å²) in [5.74, 6) is 0.840. The third kappa shape index (κ3) is 2.07. The molecular weight excluding hydrogens is 270 g/mol. The van der Waals surface area contributed by atoms with Gasteiger partial charge in [-0.05, 0) is 29.1 Å². The van der Waals surface area contributed by atoms with Gasteiger partial charge in [0.2, 0.25) is 5.28 Å². The minimum Gasteiger partial charge on any atom is -0.472 e. The molecule has 0 radical (unpaired) electrons. The van der Waals surface area contributed by atoms with Gasteiger partial charge >= 0.3 is 0 Å². The molecule has 92 valence electrons. The Morgan fingerprint density at radius 2 is 2.28 bits per heavy atom. The van der Waals surface area contributed by atoms with Crippen molar-refractivity contribution in [3.63, 3.8) is 0 Å². The minimum absolute atomic E-state index is 0.277. The molecule has 3 aromatic rings. The predicted molar refractivity (Wildman–Crippen MR) is 73.2 cm³/mol. The van der Waals surface area contributed by atoms with Gasteiger partial charge in [0.05, 0.1) is 17.9 Å². The highest BCUT2D eigenvalue weighted by Crippen LogP contribution is 2.29. The highest BCUT2D eigenvalue weighted by Gasteiger charge is 2.12. The molecule has 0 aliphatic heterocycles. The first-order valence-electron chi connectivity index (χ1n) is 5.37. The van der Waals surface area contributed by atoms with Crippen molar-refractivity contribution in [2.24, 2.45) is 0 Å². The number of rotatable bonds is 3. The summed E-state index contributed by atoms with van der Waals surface area (Å²) in [6, 6.07) is 3.95. The smallest absolute Gasteiger partial charge is 0.225 e. The van der Waals surface area contributed by atoms with Crippen molar-refractivity contribution < 1.29 is 4.42 Å². The fraction of sp³-hybridized carbons (Fsp3) is 0.167. The van der Waals surface area contributed by atoms with Crippen molar-refractivity contribution >= 4 is 39.0 Å². The first-order chi connectivity index (χ1) is 8.74. The zero-order chi connectivity index (χ0) is 12.5. The van der Waals surface area contributed by atoms with Gasteiger partial charge < -0.3 is 9.32 Å². The second-order valence-electron chi connectivity index (χ2n) is 3.94. The molecule has 0 amide bonds. The Balaban J connectivity index is 2.00. The van der Waals surface area contributed by atoms with E-state index in [1.165, 1.54) is 0 Å². The summed E-state index contributed by atoms with van der Waals surface area (Å²) in [5.41, 5.74) is 1.09. The van der Waals surface area contributed by atoms with Crippen LogP contribution in [0.3, 0.4) is 0 Å². The monoisotopic (exact) mass is 279 g/mol. The van der Waals surface area contributed by atoms with Gasteiger partial charge in [0.25, 0.3) is 0 Å². The largest absolute Gasteiger partial charge is 0.472 e. The molecule has 18 heavy (non-hydrogen) atoms. The second-order valence-corrected chi connectivity index (χ2v) is 5.18. The van der Waals surface area contributed by atoms with Crippen molar-refractivity contribution in [3.05, 3.63) is 40.9 Å². The van der Waals surface area contributed by atoms with E-state index in [-0.39, 0.29) is 5.28 Å². The van der Waals surface area contributed by atoms with Crippen LogP contribution in [0.25, 0.3) is 10.2 Å². The van der Waals surface area contributed by atoms with Gasteiger partial charge in [-0.15, -0.1) is 11.3 Å². The Hall–Kier alpha value is -1.59. The lowest BCUT2D eigenvalue weighted by molar-refractivity contribution is 0.563. The molecule has 0 bridgehead atoms. The molecule has 6 heteroatoms. The molecule has 0 aliphatic rings. The molecular formula is C12H10ClN3OS. The maximum atomic E-state index is 5.95. The van der Waals surface area contributed by atoms with Crippen LogP contribution in [0, 0.1) is 0 Å². The summed E-state index contributed by atoms with van der Waals surface area (Å²) in [5, 5.41) is 3.29. The van der Waals surface area contributed by atoms with Crippen molar-refractivity contribution in [2.75, 3.05) is 11.9 Å². The fourth-order valence-electron chi connectivity index (χ4n) is 1.84. The highest BCUT2D eigenvalue weighted by molar-refractivity contribution is 7.16. The maximum Gasteiger partial charge on any atom is 0.225 e. The van der Waals surface area contributed by atoms with Crippen LogP contribution in [0.15, 0.2) is 34.5 Å². The van der Waals surface area contributed by atoms with E-state index in [1.54, 1.807) is 23.9 Å². The van der Waals surface area contributed by atoms with Crippen LogP contribution in [0.5, 0.6) is 0 Å². The van der Waals surface area contributed by atoms with Gasteiger partial charge in [-0.25, -0.2) is 4.98 Å². The molecule has 3 rings (SSSR count). The maximum absolute atomic E-state index is 5.95. The van der Waals surface area contributed by atoms with Crippen molar-refractivity contribution in [3.8, 4) is 0 Å². The molecule has 0 fully saturated rings. The Bertz CT molecular complexity index is 665. The van der Waals surface area contributed by atoms with Gasteiger partial charge in [-0.2, -0.15) is 4.98 Å². The molecule has 3 heterocycles. The number of thiophene rings is 1. The van der Waals surface area contributed by atoms with Gasteiger partial charge in [-0.3, -0.25) is 0 Å². The number of anilines is 1. The Morgan fingerprint density at radius 3 is 3.06 bits per heavy atom. The van der Waals surface area contributed by atoms with Crippen LogP contribution in [-0.2, 0) is 6.54 Å². The molecule has 0 aromatic carbocycles. The molecule has 0 N–H and O–H groups in total. The van der Waals surface area contributed by atoms with E-state index in [0.717, 1.165) is 28.1 Å². The fourth-order valence-corrected chi connectivity index (χ4v) is 2.81. The van der Waals surface area contributed by atoms with Gasteiger partial charge in [0, 0.05) is 19.2 Å². The molecule has 0 saturated heterocycles.